The second-order valence-electron chi connectivity index (χ2n) is 5.23. The Morgan fingerprint density at radius 1 is 1.29 bits per heavy atom. The zero-order chi connectivity index (χ0) is 15.1. The molecule has 114 valence electrons. The summed E-state index contributed by atoms with van der Waals surface area (Å²) in [6.07, 6.45) is 3.09. The highest BCUT2D eigenvalue weighted by Crippen LogP contribution is 2.19. The maximum Gasteiger partial charge on any atom is 0.203 e. The topological polar surface area (TPSA) is 39.1 Å². The van der Waals surface area contributed by atoms with Gasteiger partial charge in [0.1, 0.15) is 0 Å². The van der Waals surface area contributed by atoms with Crippen molar-refractivity contribution in [3.63, 3.8) is 0 Å². The number of aromatic nitrogens is 2. The van der Waals surface area contributed by atoms with Crippen molar-refractivity contribution in [1.29, 1.82) is 0 Å². The van der Waals surface area contributed by atoms with Crippen molar-refractivity contribution in [2.45, 2.75) is 39.8 Å². The van der Waals surface area contributed by atoms with Crippen LogP contribution in [0, 0.1) is 6.92 Å². The van der Waals surface area contributed by atoms with Crippen molar-refractivity contribution in [2.75, 3.05) is 18.5 Å². The minimum absolute atomic E-state index is 0.235. The largest absolute Gasteiger partial charge is 0.382 e. The lowest BCUT2D eigenvalue weighted by Crippen LogP contribution is -2.12. The number of aryl methyl sites for hydroxylation is 2. The van der Waals surface area contributed by atoms with Gasteiger partial charge in [0.25, 0.3) is 0 Å². The number of ether oxygens (including phenoxy) is 1. The Bertz CT molecular complexity index is 536. The van der Waals surface area contributed by atoms with Gasteiger partial charge in [0.15, 0.2) is 0 Å². The highest BCUT2D eigenvalue weighted by Gasteiger charge is 2.10. The molecule has 0 fully saturated rings. The lowest BCUT2D eigenvalue weighted by molar-refractivity contribution is 0.142. The van der Waals surface area contributed by atoms with Crippen LogP contribution in [0.25, 0.3) is 0 Å². The van der Waals surface area contributed by atoms with E-state index in [1.165, 1.54) is 5.56 Å². The van der Waals surface area contributed by atoms with Gasteiger partial charge in [-0.3, -0.25) is 0 Å². The van der Waals surface area contributed by atoms with Crippen LogP contribution in [-0.4, -0.2) is 22.8 Å². The Morgan fingerprint density at radius 3 is 2.76 bits per heavy atom. The molecule has 0 aliphatic heterocycles. The summed E-state index contributed by atoms with van der Waals surface area (Å²) in [6.45, 7) is 8.70. The second kappa shape index (κ2) is 7.84. The van der Waals surface area contributed by atoms with Crippen LogP contribution in [0.3, 0.4) is 0 Å². The van der Waals surface area contributed by atoms with Gasteiger partial charge in [0, 0.05) is 26.0 Å². The molecule has 2 rings (SSSR count). The maximum absolute atomic E-state index is 5.40. The molecule has 0 aliphatic carbocycles. The molecule has 1 aromatic heterocycles. The van der Waals surface area contributed by atoms with Crippen LogP contribution in [0.2, 0.25) is 0 Å². The van der Waals surface area contributed by atoms with Crippen molar-refractivity contribution in [3.8, 4) is 0 Å². The summed E-state index contributed by atoms with van der Waals surface area (Å²) in [6, 6.07) is 10.7. The smallest absolute Gasteiger partial charge is 0.203 e. The number of hydrogen-bond donors (Lipinski definition) is 1. The average molecular weight is 287 g/mol. The zero-order valence-electron chi connectivity index (χ0n) is 13.2. The zero-order valence-corrected chi connectivity index (χ0v) is 13.2. The van der Waals surface area contributed by atoms with Gasteiger partial charge < -0.3 is 14.6 Å². The van der Waals surface area contributed by atoms with Crippen LogP contribution in [0.1, 0.15) is 37.6 Å². The molecule has 21 heavy (non-hydrogen) atoms. The van der Waals surface area contributed by atoms with Crippen molar-refractivity contribution < 1.29 is 4.74 Å². The van der Waals surface area contributed by atoms with E-state index in [0.717, 1.165) is 37.8 Å². The Labute approximate surface area is 127 Å². The van der Waals surface area contributed by atoms with Crippen LogP contribution in [0.4, 0.5) is 5.95 Å². The van der Waals surface area contributed by atoms with Gasteiger partial charge in [-0.2, -0.15) is 0 Å². The molecule has 1 aromatic carbocycles. The fourth-order valence-electron chi connectivity index (χ4n) is 2.33. The normalized spacial score (nSPS) is 12.3. The molecule has 0 spiro atoms. The first-order valence-corrected chi connectivity index (χ1v) is 7.63. The summed E-state index contributed by atoms with van der Waals surface area (Å²) in [5, 5.41) is 3.50. The standard InChI is InChI=1S/C17H25N3O/c1-4-21-12-8-11-20-13-14(2)18-17(20)19-15(3)16-9-6-5-7-10-16/h5-7,9-10,13,15H,4,8,11-12H2,1-3H3,(H,18,19). The van der Waals surface area contributed by atoms with E-state index in [9.17, 15) is 0 Å². The molecule has 1 unspecified atom stereocenters. The first kappa shape index (κ1) is 15.6. The molecule has 0 saturated carbocycles. The predicted molar refractivity (Wildman–Crippen MR) is 86.6 cm³/mol. The predicted octanol–water partition coefficient (Wildman–Crippen LogP) is 3.79. The van der Waals surface area contributed by atoms with Gasteiger partial charge in [-0.15, -0.1) is 0 Å². The molecule has 1 heterocycles. The van der Waals surface area contributed by atoms with E-state index in [1.54, 1.807) is 0 Å². The summed E-state index contributed by atoms with van der Waals surface area (Å²) < 4.78 is 7.57. The van der Waals surface area contributed by atoms with E-state index >= 15 is 0 Å². The van der Waals surface area contributed by atoms with E-state index in [-0.39, 0.29) is 6.04 Å². The van der Waals surface area contributed by atoms with E-state index in [1.807, 2.05) is 19.9 Å². The minimum atomic E-state index is 0.235. The lowest BCUT2D eigenvalue weighted by atomic mass is 10.1. The van der Waals surface area contributed by atoms with Crippen LogP contribution in [0.15, 0.2) is 36.5 Å². The molecule has 0 aliphatic rings. The van der Waals surface area contributed by atoms with Gasteiger partial charge in [-0.05, 0) is 32.8 Å². The van der Waals surface area contributed by atoms with E-state index in [4.69, 9.17) is 4.74 Å². The summed E-state index contributed by atoms with van der Waals surface area (Å²) in [7, 11) is 0. The molecular formula is C17H25N3O. The Hall–Kier alpha value is -1.81. The van der Waals surface area contributed by atoms with E-state index < -0.39 is 0 Å². The number of nitrogens with zero attached hydrogens (tertiary/aromatic N) is 2. The van der Waals surface area contributed by atoms with Gasteiger partial charge in [-0.25, -0.2) is 4.98 Å². The van der Waals surface area contributed by atoms with Crippen molar-refractivity contribution >= 4 is 5.95 Å². The molecule has 1 N–H and O–H groups in total. The second-order valence-corrected chi connectivity index (χ2v) is 5.23. The highest BCUT2D eigenvalue weighted by molar-refractivity contribution is 5.34. The van der Waals surface area contributed by atoms with Crippen LogP contribution in [-0.2, 0) is 11.3 Å². The number of anilines is 1. The Morgan fingerprint density at radius 2 is 2.05 bits per heavy atom. The van der Waals surface area contributed by atoms with Crippen LogP contribution < -0.4 is 5.32 Å². The number of nitrogens with one attached hydrogen (secondary N) is 1. The summed E-state index contributed by atoms with van der Waals surface area (Å²) >= 11 is 0. The fraction of sp³-hybridized carbons (Fsp3) is 0.471. The highest BCUT2D eigenvalue weighted by atomic mass is 16.5. The van der Waals surface area contributed by atoms with Crippen LogP contribution >= 0.6 is 0 Å². The minimum Gasteiger partial charge on any atom is -0.382 e. The summed E-state index contributed by atoms with van der Waals surface area (Å²) in [5.74, 6) is 0.931. The molecule has 0 amide bonds. The van der Waals surface area contributed by atoms with Gasteiger partial charge in [0.05, 0.1) is 11.7 Å². The van der Waals surface area contributed by atoms with E-state index in [2.05, 4.69) is 52.3 Å². The quantitative estimate of drug-likeness (QED) is 0.751. The molecular weight excluding hydrogens is 262 g/mol. The lowest BCUT2D eigenvalue weighted by Gasteiger charge is -2.16. The van der Waals surface area contributed by atoms with Crippen molar-refractivity contribution in [1.82, 2.24) is 9.55 Å². The molecule has 0 radical (unpaired) electrons. The van der Waals surface area contributed by atoms with Gasteiger partial charge >= 0.3 is 0 Å². The van der Waals surface area contributed by atoms with Crippen molar-refractivity contribution in [2.24, 2.45) is 0 Å². The molecule has 0 saturated heterocycles. The molecule has 2 aromatic rings. The molecule has 1 atom stereocenters. The average Bonchev–Trinajstić information content (AvgIpc) is 2.84. The third-order valence-electron chi connectivity index (χ3n) is 3.43. The maximum atomic E-state index is 5.40. The van der Waals surface area contributed by atoms with Crippen molar-refractivity contribution in [3.05, 3.63) is 47.8 Å². The monoisotopic (exact) mass is 287 g/mol. The number of benzene rings is 1. The number of hydrogen-bond acceptors (Lipinski definition) is 3. The first-order chi connectivity index (χ1) is 10.2. The first-order valence-electron chi connectivity index (χ1n) is 7.63. The summed E-state index contributed by atoms with van der Waals surface area (Å²) in [4.78, 5) is 4.59. The van der Waals surface area contributed by atoms with Gasteiger partial charge in [0.2, 0.25) is 5.95 Å². The fourth-order valence-corrected chi connectivity index (χ4v) is 2.33. The Kier molecular flexibility index (Phi) is 5.81. The third kappa shape index (κ3) is 4.60. The summed E-state index contributed by atoms with van der Waals surface area (Å²) in [5.41, 5.74) is 2.30. The molecule has 0 bridgehead atoms. The molecule has 4 nitrogen and oxygen atoms in total. The molecule has 4 heteroatoms. The SMILES string of the molecule is CCOCCCn1cc(C)nc1NC(C)c1ccccc1. The van der Waals surface area contributed by atoms with E-state index in [0.29, 0.717) is 0 Å². The number of rotatable bonds is 8. The Balaban J connectivity index is 1.99. The third-order valence-corrected chi connectivity index (χ3v) is 3.43. The number of imidazole rings is 1. The van der Waals surface area contributed by atoms with Gasteiger partial charge in [-0.1, -0.05) is 30.3 Å². The van der Waals surface area contributed by atoms with Crippen LogP contribution in [0.5, 0.6) is 0 Å².